The van der Waals surface area contributed by atoms with E-state index in [1.54, 1.807) is 42.1 Å². The lowest BCUT2D eigenvalue weighted by molar-refractivity contribution is -0.141. The molecule has 0 spiro atoms. The highest BCUT2D eigenvalue weighted by Crippen LogP contribution is 2.34. The van der Waals surface area contributed by atoms with Crippen LogP contribution >= 0.6 is 0 Å². The van der Waals surface area contributed by atoms with Gasteiger partial charge < -0.3 is 9.30 Å². The number of alkyl halides is 3. The summed E-state index contributed by atoms with van der Waals surface area (Å²) < 4.78 is 50.0. The fraction of sp³-hybridized carbons (Fsp3) is 0.310. The monoisotopic (exact) mass is 548 g/mol. The van der Waals surface area contributed by atoms with Crippen molar-refractivity contribution in [3.63, 3.8) is 0 Å². The van der Waals surface area contributed by atoms with Gasteiger partial charge in [0.2, 0.25) is 0 Å². The molecule has 0 amide bonds. The quantitative estimate of drug-likeness (QED) is 0.283. The number of aryl methyl sites for hydroxylation is 1. The molecule has 0 aliphatic carbocycles. The lowest BCUT2D eigenvalue weighted by atomic mass is 9.97. The molecule has 0 atom stereocenters. The summed E-state index contributed by atoms with van der Waals surface area (Å²) in [7, 11) is 1.68. The maximum Gasteiger partial charge on any atom is 0.434 e. The Bertz CT molecular complexity index is 1760. The van der Waals surface area contributed by atoms with E-state index in [4.69, 9.17) is 9.72 Å². The zero-order chi connectivity index (χ0) is 28.2. The smallest absolute Gasteiger partial charge is 0.377 e. The molecule has 0 unspecified atom stereocenters. The van der Waals surface area contributed by atoms with E-state index in [9.17, 15) is 18.0 Å². The first-order valence-corrected chi connectivity index (χ1v) is 13.0. The maximum absolute atomic E-state index is 13.4. The second-order valence-electron chi connectivity index (χ2n) is 10.3. The van der Waals surface area contributed by atoms with Crippen molar-refractivity contribution in [2.75, 3.05) is 13.2 Å². The molecule has 11 heteroatoms. The molecule has 3 aromatic heterocycles. The minimum absolute atomic E-state index is 0.192. The summed E-state index contributed by atoms with van der Waals surface area (Å²) in [5.41, 5.74) is 3.31. The molecule has 1 saturated heterocycles. The van der Waals surface area contributed by atoms with Gasteiger partial charge in [-0.15, -0.1) is 0 Å². The molecule has 1 fully saturated rings. The number of imidazole rings is 2. The number of rotatable bonds is 6. The Hall–Kier alpha value is -4.25. The van der Waals surface area contributed by atoms with Gasteiger partial charge in [-0.25, -0.2) is 19.7 Å². The number of nitrogens with zero attached hydrogens (tertiary/aromatic N) is 6. The van der Waals surface area contributed by atoms with Crippen LogP contribution < -0.4 is 5.69 Å². The molecule has 206 valence electrons. The second kappa shape index (κ2) is 9.74. The van der Waals surface area contributed by atoms with Gasteiger partial charge in [0.15, 0.2) is 17.2 Å². The van der Waals surface area contributed by atoms with Crippen LogP contribution in [0.15, 0.2) is 65.7 Å². The summed E-state index contributed by atoms with van der Waals surface area (Å²) in [5.74, 6) is 1.04. The van der Waals surface area contributed by atoms with Gasteiger partial charge in [0.25, 0.3) is 0 Å². The molecule has 4 heterocycles. The highest BCUT2D eigenvalue weighted by molar-refractivity contribution is 5.74. The number of fused-ring (bicyclic) bond motifs is 1. The zero-order valence-electron chi connectivity index (χ0n) is 22.2. The Morgan fingerprint density at radius 1 is 1.05 bits per heavy atom. The van der Waals surface area contributed by atoms with E-state index in [0.717, 1.165) is 22.9 Å². The van der Waals surface area contributed by atoms with Gasteiger partial charge in [0, 0.05) is 24.4 Å². The predicted molar refractivity (Wildman–Crippen MR) is 144 cm³/mol. The average Bonchev–Trinajstić information content (AvgIpc) is 3.44. The number of benzene rings is 2. The van der Waals surface area contributed by atoms with E-state index >= 15 is 0 Å². The van der Waals surface area contributed by atoms with E-state index < -0.39 is 11.9 Å². The Morgan fingerprint density at radius 2 is 1.77 bits per heavy atom. The highest BCUT2D eigenvalue weighted by Gasteiger charge is 2.36. The predicted octanol–water partition coefficient (Wildman–Crippen LogP) is 5.42. The minimum atomic E-state index is -4.55. The number of ether oxygens (including phenoxy) is 1. The van der Waals surface area contributed by atoms with Gasteiger partial charge in [0.05, 0.1) is 32.0 Å². The van der Waals surface area contributed by atoms with Crippen LogP contribution in [0, 0.1) is 0 Å². The minimum Gasteiger partial charge on any atom is -0.377 e. The van der Waals surface area contributed by atoms with Crippen LogP contribution in [0.2, 0.25) is 0 Å². The molecule has 0 bridgehead atoms. The third-order valence-corrected chi connectivity index (χ3v) is 7.30. The standard InChI is InChI=1S/C29H27F3N6O2/c1-17(2)21-6-4-5-7-22(21)25-33-12-23-27(35-25)38(28(39)36(23)3)13-18-8-10-19(11-9-18)26-34-24(29(30,31)32)14-37(26)20-15-40-16-20/h4-12,14,17,20H,13,15-16H2,1-3H3. The van der Waals surface area contributed by atoms with Gasteiger partial charge in [-0.05, 0) is 17.0 Å². The van der Waals surface area contributed by atoms with Gasteiger partial charge in [0.1, 0.15) is 11.3 Å². The van der Waals surface area contributed by atoms with Crippen LogP contribution in [0.3, 0.4) is 0 Å². The fourth-order valence-electron chi connectivity index (χ4n) is 5.00. The maximum atomic E-state index is 13.4. The molecule has 6 rings (SSSR count). The molecule has 40 heavy (non-hydrogen) atoms. The fourth-order valence-corrected chi connectivity index (χ4v) is 5.00. The molecule has 0 N–H and O–H groups in total. The van der Waals surface area contributed by atoms with Crippen molar-refractivity contribution in [1.82, 2.24) is 28.7 Å². The van der Waals surface area contributed by atoms with E-state index in [2.05, 4.69) is 23.8 Å². The third kappa shape index (κ3) is 4.49. The summed E-state index contributed by atoms with van der Waals surface area (Å²) >= 11 is 0. The van der Waals surface area contributed by atoms with E-state index in [-0.39, 0.29) is 30.0 Å². The highest BCUT2D eigenvalue weighted by atomic mass is 19.4. The number of halogens is 3. The van der Waals surface area contributed by atoms with E-state index in [1.165, 1.54) is 9.13 Å². The van der Waals surface area contributed by atoms with E-state index in [0.29, 0.717) is 35.8 Å². The van der Waals surface area contributed by atoms with Crippen molar-refractivity contribution in [2.24, 2.45) is 7.05 Å². The Kier molecular flexibility index (Phi) is 6.33. The van der Waals surface area contributed by atoms with Crippen molar-refractivity contribution in [3.05, 3.63) is 88.2 Å². The first-order valence-electron chi connectivity index (χ1n) is 13.0. The van der Waals surface area contributed by atoms with Crippen molar-refractivity contribution >= 4 is 11.2 Å². The molecule has 5 aromatic rings. The van der Waals surface area contributed by atoms with Gasteiger partial charge >= 0.3 is 11.9 Å². The number of aromatic nitrogens is 6. The molecule has 8 nitrogen and oxygen atoms in total. The van der Waals surface area contributed by atoms with Crippen LogP contribution in [-0.2, 0) is 24.5 Å². The summed E-state index contributed by atoms with van der Waals surface area (Å²) in [6, 6.07) is 14.8. The van der Waals surface area contributed by atoms with Crippen LogP contribution in [-0.4, -0.2) is 41.9 Å². The molecule has 1 aliphatic heterocycles. The van der Waals surface area contributed by atoms with Crippen molar-refractivity contribution in [2.45, 2.75) is 38.5 Å². The van der Waals surface area contributed by atoms with Gasteiger partial charge in [-0.1, -0.05) is 62.4 Å². The van der Waals surface area contributed by atoms with Crippen LogP contribution in [0.25, 0.3) is 33.9 Å². The summed E-state index contributed by atoms with van der Waals surface area (Å²) in [6.45, 7) is 5.13. The van der Waals surface area contributed by atoms with Gasteiger partial charge in [-0.2, -0.15) is 13.2 Å². The van der Waals surface area contributed by atoms with Gasteiger partial charge in [-0.3, -0.25) is 9.13 Å². The molecule has 0 radical (unpaired) electrons. The number of hydrogen-bond acceptors (Lipinski definition) is 5. The normalized spacial score (nSPS) is 14.3. The lowest BCUT2D eigenvalue weighted by Crippen LogP contribution is -2.30. The first-order chi connectivity index (χ1) is 19.1. The SMILES string of the molecule is CC(C)c1ccccc1-c1ncc2c(n1)n(Cc1ccc(-c3nc(C(F)(F)F)cn3C3COC3)cc1)c(=O)n2C. The number of hydrogen-bond donors (Lipinski definition) is 0. The molecular weight excluding hydrogens is 521 g/mol. The van der Waals surface area contributed by atoms with Crippen molar-refractivity contribution in [1.29, 1.82) is 0 Å². The van der Waals surface area contributed by atoms with Crippen molar-refractivity contribution in [3.8, 4) is 22.8 Å². The van der Waals surface area contributed by atoms with Crippen LogP contribution in [0.1, 0.15) is 42.6 Å². The zero-order valence-corrected chi connectivity index (χ0v) is 22.2. The Labute approximate surface area is 227 Å². The Morgan fingerprint density at radius 3 is 2.42 bits per heavy atom. The second-order valence-corrected chi connectivity index (χ2v) is 10.3. The average molecular weight is 549 g/mol. The summed E-state index contributed by atoms with van der Waals surface area (Å²) in [5, 5.41) is 0. The van der Waals surface area contributed by atoms with Crippen LogP contribution in [0.5, 0.6) is 0 Å². The van der Waals surface area contributed by atoms with E-state index in [1.807, 2.05) is 24.3 Å². The van der Waals surface area contributed by atoms with Crippen LogP contribution in [0.4, 0.5) is 13.2 Å². The molecule has 1 aliphatic rings. The lowest BCUT2D eigenvalue weighted by Gasteiger charge is -2.28. The topological polar surface area (TPSA) is 79.8 Å². The Balaban J connectivity index is 1.36. The molecular formula is C29H27F3N6O2. The molecule has 2 aromatic carbocycles. The molecule has 0 saturated carbocycles. The summed E-state index contributed by atoms with van der Waals surface area (Å²) in [4.78, 5) is 26.4. The van der Waals surface area contributed by atoms with Crippen molar-refractivity contribution < 1.29 is 17.9 Å². The summed E-state index contributed by atoms with van der Waals surface area (Å²) in [6.07, 6.45) is -1.84. The largest absolute Gasteiger partial charge is 0.434 e. The first kappa shape index (κ1) is 26.0. The third-order valence-electron chi connectivity index (χ3n) is 7.30.